The predicted molar refractivity (Wildman–Crippen MR) is 109 cm³/mol. The van der Waals surface area contributed by atoms with E-state index in [9.17, 15) is 4.79 Å². The van der Waals surface area contributed by atoms with Gasteiger partial charge in [-0.3, -0.25) is 4.79 Å². The molecule has 0 bridgehead atoms. The Morgan fingerprint density at radius 2 is 1.32 bits per heavy atom. The van der Waals surface area contributed by atoms with E-state index in [1.807, 2.05) is 46.0 Å². The third-order valence-corrected chi connectivity index (χ3v) is 5.37. The van der Waals surface area contributed by atoms with Gasteiger partial charge in [0.05, 0.1) is 6.20 Å². The molecule has 1 fully saturated rings. The van der Waals surface area contributed by atoms with Crippen molar-refractivity contribution in [3.8, 4) is 0 Å². The van der Waals surface area contributed by atoms with Crippen molar-refractivity contribution in [1.82, 2.24) is 19.9 Å². The maximum atomic E-state index is 13.0. The first-order valence-electron chi connectivity index (χ1n) is 10.1. The Kier molecular flexibility index (Phi) is 5.80. The molecule has 0 saturated carbocycles. The fraction of sp³-hybridized carbons (Fsp3) is 0.348. The minimum absolute atomic E-state index is 0.00646. The van der Waals surface area contributed by atoms with Gasteiger partial charge in [-0.15, -0.1) is 5.10 Å². The van der Waals surface area contributed by atoms with E-state index < -0.39 is 0 Å². The monoisotopic (exact) mass is 374 g/mol. The first kappa shape index (κ1) is 18.4. The Bertz CT molecular complexity index is 844. The minimum atomic E-state index is -0.108. The quantitative estimate of drug-likeness (QED) is 0.683. The maximum absolute atomic E-state index is 13.0. The molecule has 0 spiro atoms. The van der Waals surface area contributed by atoms with Crippen molar-refractivity contribution in [2.45, 2.75) is 38.1 Å². The number of benzene rings is 2. The molecule has 1 aliphatic heterocycles. The van der Waals surface area contributed by atoms with E-state index in [4.69, 9.17) is 0 Å². The lowest BCUT2D eigenvalue weighted by Gasteiger charge is -2.23. The van der Waals surface area contributed by atoms with E-state index >= 15 is 0 Å². The number of amides is 1. The van der Waals surface area contributed by atoms with Crippen molar-refractivity contribution >= 4 is 5.91 Å². The van der Waals surface area contributed by atoms with Crippen LogP contribution in [0.25, 0.3) is 0 Å². The average molecular weight is 374 g/mol. The normalized spacial score (nSPS) is 15.2. The molecule has 0 atom stereocenters. The molecule has 0 radical (unpaired) electrons. The Labute approximate surface area is 166 Å². The molecule has 3 aromatic rings. The molecule has 0 aliphatic carbocycles. The first-order chi connectivity index (χ1) is 13.8. The van der Waals surface area contributed by atoms with Crippen LogP contribution in [0.3, 0.4) is 0 Å². The van der Waals surface area contributed by atoms with E-state index in [0.717, 1.165) is 37.1 Å². The lowest BCUT2D eigenvalue weighted by atomic mass is 9.99. The van der Waals surface area contributed by atoms with Gasteiger partial charge in [0.25, 0.3) is 5.91 Å². The zero-order chi connectivity index (χ0) is 19.2. The molecule has 1 saturated heterocycles. The summed E-state index contributed by atoms with van der Waals surface area (Å²) in [6.45, 7) is 1.62. The number of likely N-dealkylation sites (tertiary alicyclic amines) is 1. The highest BCUT2D eigenvalue weighted by Gasteiger charge is 2.23. The summed E-state index contributed by atoms with van der Waals surface area (Å²) < 4.78 is 1.81. The fourth-order valence-electron chi connectivity index (χ4n) is 3.88. The maximum Gasteiger partial charge on any atom is 0.276 e. The molecule has 5 heteroatoms. The number of carbonyl (C=O) groups is 1. The van der Waals surface area contributed by atoms with Crippen LogP contribution < -0.4 is 0 Å². The lowest BCUT2D eigenvalue weighted by Crippen LogP contribution is -2.34. The Balaban J connectivity index is 1.62. The summed E-state index contributed by atoms with van der Waals surface area (Å²) in [6, 6.07) is 20.3. The zero-order valence-corrected chi connectivity index (χ0v) is 16.1. The molecule has 0 unspecified atom stereocenters. The van der Waals surface area contributed by atoms with Gasteiger partial charge >= 0.3 is 0 Å². The molecule has 5 nitrogen and oxygen atoms in total. The summed E-state index contributed by atoms with van der Waals surface area (Å²) in [4.78, 5) is 14.9. The van der Waals surface area contributed by atoms with E-state index in [1.54, 1.807) is 6.20 Å². The van der Waals surface area contributed by atoms with Crippen molar-refractivity contribution in [2.24, 2.45) is 0 Å². The summed E-state index contributed by atoms with van der Waals surface area (Å²) >= 11 is 0. The summed E-state index contributed by atoms with van der Waals surface area (Å²) in [5.74, 6) is -0.00646. The molecular weight excluding hydrogens is 348 g/mol. The van der Waals surface area contributed by atoms with Crippen molar-refractivity contribution < 1.29 is 4.79 Å². The molecule has 1 amide bonds. The number of hydrogen-bond donors (Lipinski definition) is 0. The van der Waals surface area contributed by atoms with Crippen LogP contribution >= 0.6 is 0 Å². The van der Waals surface area contributed by atoms with E-state index in [1.165, 1.54) is 19.3 Å². The van der Waals surface area contributed by atoms with E-state index in [-0.39, 0.29) is 11.9 Å². The zero-order valence-electron chi connectivity index (χ0n) is 16.1. The van der Waals surface area contributed by atoms with Gasteiger partial charge in [-0.2, -0.15) is 0 Å². The van der Waals surface area contributed by atoms with Gasteiger partial charge < -0.3 is 4.90 Å². The van der Waals surface area contributed by atoms with Crippen LogP contribution in [0.5, 0.6) is 0 Å². The lowest BCUT2D eigenvalue weighted by molar-refractivity contribution is 0.0736. The smallest absolute Gasteiger partial charge is 0.276 e. The van der Waals surface area contributed by atoms with Crippen LogP contribution in [0.1, 0.15) is 59.8 Å². The van der Waals surface area contributed by atoms with Gasteiger partial charge in [-0.1, -0.05) is 85.1 Å². The first-order valence-corrected chi connectivity index (χ1v) is 10.1. The Morgan fingerprint density at radius 3 is 1.89 bits per heavy atom. The second-order valence-corrected chi connectivity index (χ2v) is 7.37. The van der Waals surface area contributed by atoms with Crippen LogP contribution in [0.15, 0.2) is 66.9 Å². The van der Waals surface area contributed by atoms with Crippen LogP contribution in [-0.2, 0) is 0 Å². The second-order valence-electron chi connectivity index (χ2n) is 7.37. The Morgan fingerprint density at radius 1 is 0.786 bits per heavy atom. The highest BCUT2D eigenvalue weighted by molar-refractivity contribution is 5.91. The van der Waals surface area contributed by atoms with Gasteiger partial charge in [-0.05, 0) is 24.0 Å². The SMILES string of the molecule is O=C(c1cn(C(c2ccccc2)c2ccccc2)nn1)N1CCCCCCC1. The largest absolute Gasteiger partial charge is 0.337 e. The third kappa shape index (κ3) is 4.14. The second kappa shape index (κ2) is 8.83. The van der Waals surface area contributed by atoms with Gasteiger partial charge in [-0.25, -0.2) is 4.68 Å². The summed E-state index contributed by atoms with van der Waals surface area (Å²) in [5, 5.41) is 8.59. The van der Waals surface area contributed by atoms with Gasteiger partial charge in [0.2, 0.25) is 0 Å². The highest BCUT2D eigenvalue weighted by Crippen LogP contribution is 2.26. The molecule has 1 aromatic heterocycles. The molecule has 4 rings (SSSR count). The number of carbonyl (C=O) groups excluding carboxylic acids is 1. The van der Waals surface area contributed by atoms with Gasteiger partial charge in [0, 0.05) is 13.1 Å². The van der Waals surface area contributed by atoms with Crippen molar-refractivity contribution in [3.05, 3.63) is 83.7 Å². The standard InChI is InChI=1S/C23H26N4O/c28-23(26-16-10-2-1-3-11-17-26)21-18-27(25-24-21)22(19-12-6-4-7-13-19)20-14-8-5-9-15-20/h4-9,12-15,18,22H,1-3,10-11,16-17H2. The van der Waals surface area contributed by atoms with Crippen LogP contribution in [0, 0.1) is 0 Å². The highest BCUT2D eigenvalue weighted by atomic mass is 16.2. The van der Waals surface area contributed by atoms with Crippen molar-refractivity contribution in [3.63, 3.8) is 0 Å². The average Bonchev–Trinajstić information content (AvgIpc) is 3.19. The molecule has 28 heavy (non-hydrogen) atoms. The Hall–Kier alpha value is -2.95. The molecule has 0 N–H and O–H groups in total. The number of hydrogen-bond acceptors (Lipinski definition) is 3. The summed E-state index contributed by atoms with van der Waals surface area (Å²) in [6.07, 6.45) is 7.59. The van der Waals surface area contributed by atoms with Crippen molar-refractivity contribution in [1.29, 1.82) is 0 Å². The molecule has 144 valence electrons. The molecule has 2 aromatic carbocycles. The molecule has 2 heterocycles. The molecule has 1 aliphatic rings. The van der Waals surface area contributed by atoms with E-state index in [2.05, 4.69) is 34.6 Å². The third-order valence-electron chi connectivity index (χ3n) is 5.37. The van der Waals surface area contributed by atoms with Crippen LogP contribution in [0.4, 0.5) is 0 Å². The van der Waals surface area contributed by atoms with Gasteiger partial charge in [0.15, 0.2) is 5.69 Å². The van der Waals surface area contributed by atoms with Crippen LogP contribution in [-0.4, -0.2) is 38.9 Å². The molecular formula is C23H26N4O. The predicted octanol–water partition coefficient (Wildman–Crippen LogP) is 4.32. The number of aromatic nitrogens is 3. The number of rotatable bonds is 4. The topological polar surface area (TPSA) is 51.0 Å². The number of nitrogens with zero attached hydrogens (tertiary/aromatic N) is 4. The fourth-order valence-corrected chi connectivity index (χ4v) is 3.88. The van der Waals surface area contributed by atoms with Crippen molar-refractivity contribution in [2.75, 3.05) is 13.1 Å². The minimum Gasteiger partial charge on any atom is -0.337 e. The van der Waals surface area contributed by atoms with E-state index in [0.29, 0.717) is 5.69 Å². The van der Waals surface area contributed by atoms with Crippen LogP contribution in [0.2, 0.25) is 0 Å². The van der Waals surface area contributed by atoms with Gasteiger partial charge in [0.1, 0.15) is 6.04 Å². The summed E-state index contributed by atoms with van der Waals surface area (Å²) in [5.41, 5.74) is 2.66. The summed E-state index contributed by atoms with van der Waals surface area (Å²) in [7, 11) is 0.